The van der Waals surface area contributed by atoms with Gasteiger partial charge < -0.3 is 0 Å². The van der Waals surface area contributed by atoms with Gasteiger partial charge in [0.1, 0.15) is 0 Å². The Morgan fingerprint density at radius 1 is 0.944 bits per heavy atom. The van der Waals surface area contributed by atoms with E-state index >= 15 is 0 Å². The van der Waals surface area contributed by atoms with Crippen LogP contribution in [0.25, 0.3) is 0 Å². The summed E-state index contributed by atoms with van der Waals surface area (Å²) in [7, 11) is -3.35. The van der Waals surface area contributed by atoms with Gasteiger partial charge in [0.2, 0.25) is 0 Å². The largest absolute Gasteiger partial charge is 0.223 e. The van der Waals surface area contributed by atoms with Crippen LogP contribution < -0.4 is 0 Å². The number of nitrogens with zero attached hydrogens (tertiary/aromatic N) is 1. The molecule has 2 rings (SSSR count). The van der Waals surface area contributed by atoms with E-state index in [4.69, 9.17) is 5.26 Å². The quantitative estimate of drug-likeness (QED) is 0.849. The highest BCUT2D eigenvalue weighted by Gasteiger charge is 2.14. The molecular formula is C14H11NO2S. The zero-order chi connectivity index (χ0) is 13.0. The maximum Gasteiger partial charge on any atom is 0.182 e. The lowest BCUT2D eigenvalue weighted by molar-refractivity contribution is 0.595. The number of hydrogen-bond acceptors (Lipinski definition) is 3. The minimum Gasteiger partial charge on any atom is -0.223 e. The Balaban J connectivity index is 2.29. The number of rotatable bonds is 3. The van der Waals surface area contributed by atoms with Gasteiger partial charge in [-0.05, 0) is 29.8 Å². The van der Waals surface area contributed by atoms with Gasteiger partial charge in [-0.3, -0.25) is 0 Å². The van der Waals surface area contributed by atoms with Crippen LogP contribution in [0.1, 0.15) is 11.1 Å². The minimum atomic E-state index is -3.35. The van der Waals surface area contributed by atoms with Crippen LogP contribution in [0, 0.1) is 11.3 Å². The Morgan fingerprint density at radius 2 is 1.56 bits per heavy atom. The average Bonchev–Trinajstić information content (AvgIpc) is 2.39. The molecule has 3 nitrogen and oxygen atoms in total. The first-order valence-corrected chi connectivity index (χ1v) is 7.04. The van der Waals surface area contributed by atoms with E-state index in [0.29, 0.717) is 5.56 Å². The van der Waals surface area contributed by atoms with Crippen molar-refractivity contribution in [2.75, 3.05) is 0 Å². The predicted molar refractivity (Wildman–Crippen MR) is 68.5 cm³/mol. The topological polar surface area (TPSA) is 57.9 Å². The first kappa shape index (κ1) is 12.3. The van der Waals surface area contributed by atoms with Gasteiger partial charge >= 0.3 is 0 Å². The molecule has 0 aliphatic rings. The van der Waals surface area contributed by atoms with E-state index in [9.17, 15) is 8.42 Å². The van der Waals surface area contributed by atoms with Gasteiger partial charge in [-0.2, -0.15) is 5.26 Å². The van der Waals surface area contributed by atoms with Crippen molar-refractivity contribution >= 4 is 9.84 Å². The van der Waals surface area contributed by atoms with Gasteiger partial charge in [0.05, 0.1) is 22.3 Å². The fraction of sp³-hybridized carbons (Fsp3) is 0.0714. The Bertz CT molecular complexity index is 668. The highest BCUT2D eigenvalue weighted by atomic mass is 32.2. The molecule has 2 aromatic carbocycles. The molecule has 0 aliphatic heterocycles. The predicted octanol–water partition coefficient (Wildman–Crippen LogP) is 2.53. The molecule has 0 unspecified atom stereocenters. The van der Waals surface area contributed by atoms with Crippen molar-refractivity contribution < 1.29 is 8.42 Å². The van der Waals surface area contributed by atoms with E-state index in [2.05, 4.69) is 0 Å². The van der Waals surface area contributed by atoms with Crippen molar-refractivity contribution in [1.82, 2.24) is 0 Å². The van der Waals surface area contributed by atoms with Crippen molar-refractivity contribution in [3.8, 4) is 6.07 Å². The van der Waals surface area contributed by atoms with Crippen LogP contribution in [0.15, 0.2) is 59.5 Å². The van der Waals surface area contributed by atoms with Gasteiger partial charge in [0.15, 0.2) is 9.84 Å². The van der Waals surface area contributed by atoms with Crippen molar-refractivity contribution in [3.05, 3.63) is 65.7 Å². The van der Waals surface area contributed by atoms with Crippen LogP contribution >= 0.6 is 0 Å². The summed E-state index contributed by atoms with van der Waals surface area (Å²) < 4.78 is 24.2. The molecule has 0 saturated heterocycles. The zero-order valence-electron chi connectivity index (χ0n) is 9.58. The molecule has 90 valence electrons. The Labute approximate surface area is 106 Å². The van der Waals surface area contributed by atoms with Gasteiger partial charge in [0, 0.05) is 0 Å². The third-order valence-corrected chi connectivity index (χ3v) is 4.25. The summed E-state index contributed by atoms with van der Waals surface area (Å²) >= 11 is 0. The van der Waals surface area contributed by atoms with Crippen LogP contribution in [0.4, 0.5) is 0 Å². The van der Waals surface area contributed by atoms with Gasteiger partial charge in [-0.1, -0.05) is 30.3 Å². The van der Waals surface area contributed by atoms with Crippen molar-refractivity contribution in [2.24, 2.45) is 0 Å². The Kier molecular flexibility index (Phi) is 3.45. The molecule has 0 heterocycles. The molecule has 0 N–H and O–H groups in total. The van der Waals surface area contributed by atoms with E-state index in [1.165, 1.54) is 24.3 Å². The molecule has 0 saturated carbocycles. The fourth-order valence-corrected chi connectivity index (χ4v) is 2.96. The van der Waals surface area contributed by atoms with Crippen LogP contribution in [0.5, 0.6) is 0 Å². The van der Waals surface area contributed by atoms with E-state index in [1.807, 2.05) is 24.3 Å². The summed E-state index contributed by atoms with van der Waals surface area (Å²) in [5.41, 5.74) is 1.20. The van der Waals surface area contributed by atoms with Crippen molar-refractivity contribution in [2.45, 2.75) is 10.6 Å². The molecule has 4 heteroatoms. The van der Waals surface area contributed by atoms with E-state index in [-0.39, 0.29) is 10.6 Å². The zero-order valence-corrected chi connectivity index (χ0v) is 10.4. The number of sulfone groups is 1. The standard InChI is InChI=1S/C14H11NO2S/c15-10-12-6-8-14(9-7-12)18(16,17)11-13-4-2-1-3-5-13/h1-9H,11H2. The molecule has 0 amide bonds. The van der Waals surface area contributed by atoms with Crippen LogP contribution in [0.3, 0.4) is 0 Å². The highest BCUT2D eigenvalue weighted by Crippen LogP contribution is 2.16. The summed E-state index contributed by atoms with van der Waals surface area (Å²) in [6.45, 7) is 0. The second kappa shape index (κ2) is 5.03. The summed E-state index contributed by atoms with van der Waals surface area (Å²) in [6.07, 6.45) is 0. The van der Waals surface area contributed by atoms with Crippen molar-refractivity contribution in [3.63, 3.8) is 0 Å². The van der Waals surface area contributed by atoms with E-state index in [1.54, 1.807) is 12.1 Å². The molecule has 0 aromatic heterocycles. The molecule has 0 aliphatic carbocycles. The first-order chi connectivity index (χ1) is 8.62. The maximum absolute atomic E-state index is 12.1. The molecule has 0 spiro atoms. The molecular weight excluding hydrogens is 246 g/mol. The van der Waals surface area contributed by atoms with Crippen LogP contribution in [-0.4, -0.2) is 8.42 Å². The summed E-state index contributed by atoms with van der Waals surface area (Å²) in [6, 6.07) is 16.9. The Hall–Kier alpha value is -2.12. The molecule has 0 atom stereocenters. The molecule has 0 bridgehead atoms. The number of benzene rings is 2. The van der Waals surface area contributed by atoms with Crippen LogP contribution in [-0.2, 0) is 15.6 Å². The van der Waals surface area contributed by atoms with E-state index < -0.39 is 9.84 Å². The molecule has 2 aromatic rings. The lowest BCUT2D eigenvalue weighted by atomic mass is 10.2. The minimum absolute atomic E-state index is 0.0280. The third kappa shape index (κ3) is 2.76. The van der Waals surface area contributed by atoms with Gasteiger partial charge in [-0.15, -0.1) is 0 Å². The summed E-state index contributed by atoms with van der Waals surface area (Å²) in [5, 5.41) is 8.67. The highest BCUT2D eigenvalue weighted by molar-refractivity contribution is 7.90. The maximum atomic E-state index is 12.1. The summed E-state index contributed by atoms with van der Waals surface area (Å²) in [4.78, 5) is 0.241. The first-order valence-electron chi connectivity index (χ1n) is 5.39. The number of nitriles is 1. The second-order valence-electron chi connectivity index (χ2n) is 3.88. The normalized spacial score (nSPS) is 10.8. The third-order valence-electron chi connectivity index (χ3n) is 2.54. The molecule has 0 fully saturated rings. The number of hydrogen-bond donors (Lipinski definition) is 0. The fourth-order valence-electron chi connectivity index (χ4n) is 1.61. The lowest BCUT2D eigenvalue weighted by Crippen LogP contribution is -2.04. The molecule has 18 heavy (non-hydrogen) atoms. The summed E-state index contributed by atoms with van der Waals surface area (Å²) in [5.74, 6) is -0.0280. The second-order valence-corrected chi connectivity index (χ2v) is 5.87. The van der Waals surface area contributed by atoms with Gasteiger partial charge in [-0.25, -0.2) is 8.42 Å². The van der Waals surface area contributed by atoms with E-state index in [0.717, 1.165) is 5.56 Å². The Morgan fingerprint density at radius 3 is 2.11 bits per heavy atom. The molecule has 0 radical (unpaired) electrons. The lowest BCUT2D eigenvalue weighted by Gasteiger charge is -2.04. The average molecular weight is 257 g/mol. The SMILES string of the molecule is N#Cc1ccc(S(=O)(=O)Cc2ccccc2)cc1. The van der Waals surface area contributed by atoms with Crippen LogP contribution in [0.2, 0.25) is 0 Å². The van der Waals surface area contributed by atoms with Crippen molar-refractivity contribution in [1.29, 1.82) is 5.26 Å². The monoisotopic (exact) mass is 257 g/mol. The van der Waals surface area contributed by atoms with Gasteiger partial charge in [0.25, 0.3) is 0 Å². The smallest absolute Gasteiger partial charge is 0.182 e.